The van der Waals surface area contributed by atoms with Gasteiger partial charge in [-0.1, -0.05) is 11.6 Å². The number of halogens is 1. The van der Waals surface area contributed by atoms with Crippen molar-refractivity contribution < 1.29 is 4.79 Å². The van der Waals surface area contributed by atoms with E-state index in [1.807, 2.05) is 18.5 Å². The van der Waals surface area contributed by atoms with Crippen LogP contribution in [-0.4, -0.2) is 32.6 Å². The Labute approximate surface area is 155 Å². The topological polar surface area (TPSA) is 95.6 Å². The molecule has 2 aromatic rings. The second-order valence-electron chi connectivity index (χ2n) is 6.39. The van der Waals surface area contributed by atoms with E-state index in [4.69, 9.17) is 16.9 Å². The van der Waals surface area contributed by atoms with Crippen LogP contribution in [-0.2, 0) is 13.0 Å². The zero-order chi connectivity index (χ0) is 18.0. The first-order valence-electron chi connectivity index (χ1n) is 8.14. The fourth-order valence-electron chi connectivity index (χ4n) is 2.93. The maximum Gasteiger partial charge on any atom is 0.254 e. The molecule has 0 unspecified atom stereocenters. The Morgan fingerprint density at radius 3 is 3.12 bits per heavy atom. The molecule has 1 aliphatic heterocycles. The van der Waals surface area contributed by atoms with E-state index in [2.05, 4.69) is 26.2 Å². The Balaban J connectivity index is 1.67. The molecule has 0 bridgehead atoms. The second-order valence-corrected chi connectivity index (χ2v) is 7.52. The number of aromatic nitrogens is 3. The van der Waals surface area contributed by atoms with Crippen LogP contribution in [0.3, 0.4) is 0 Å². The van der Waals surface area contributed by atoms with Crippen molar-refractivity contribution in [3.63, 3.8) is 0 Å². The lowest BCUT2D eigenvalue weighted by atomic mass is 9.94. The van der Waals surface area contributed by atoms with Gasteiger partial charge in [-0.2, -0.15) is 14.7 Å². The Kier molecular flexibility index (Phi) is 5.25. The van der Waals surface area contributed by atoms with E-state index in [0.717, 1.165) is 25.1 Å². The summed E-state index contributed by atoms with van der Waals surface area (Å²) < 4.78 is 5.91. The van der Waals surface area contributed by atoms with Gasteiger partial charge in [-0.25, -0.2) is 0 Å². The van der Waals surface area contributed by atoms with E-state index in [1.165, 1.54) is 11.5 Å². The van der Waals surface area contributed by atoms with E-state index in [9.17, 15) is 4.79 Å². The van der Waals surface area contributed by atoms with Gasteiger partial charge < -0.3 is 10.6 Å². The molecule has 1 amide bonds. The van der Waals surface area contributed by atoms with Gasteiger partial charge in [-0.15, -0.1) is 0 Å². The van der Waals surface area contributed by atoms with Gasteiger partial charge in [0.1, 0.15) is 16.6 Å². The zero-order valence-electron chi connectivity index (χ0n) is 14.0. The molecule has 7 nitrogen and oxygen atoms in total. The summed E-state index contributed by atoms with van der Waals surface area (Å²) in [4.78, 5) is 12.3. The lowest BCUT2D eigenvalue weighted by molar-refractivity contribution is 0.0941. The van der Waals surface area contributed by atoms with Crippen molar-refractivity contribution in [3.05, 3.63) is 28.2 Å². The van der Waals surface area contributed by atoms with E-state index in [1.54, 1.807) is 6.20 Å². The van der Waals surface area contributed by atoms with Crippen LogP contribution in [0.15, 0.2) is 6.20 Å². The number of carbonyl (C=O) groups excluding carboxylic acids is 1. The van der Waals surface area contributed by atoms with Crippen molar-refractivity contribution in [2.45, 2.75) is 39.3 Å². The molecule has 132 valence electrons. The number of rotatable bonds is 5. The number of fused-ring (bicyclic) bond motifs is 1. The number of nitriles is 1. The van der Waals surface area contributed by atoms with Crippen molar-refractivity contribution in [3.8, 4) is 6.07 Å². The fraction of sp³-hybridized carbons (Fsp3) is 0.500. The summed E-state index contributed by atoms with van der Waals surface area (Å²) in [7, 11) is 0. The van der Waals surface area contributed by atoms with Crippen LogP contribution in [0.2, 0.25) is 5.15 Å². The predicted octanol–water partition coefficient (Wildman–Crippen LogP) is 2.68. The summed E-state index contributed by atoms with van der Waals surface area (Å²) in [6.45, 7) is 5.36. The molecule has 25 heavy (non-hydrogen) atoms. The number of amides is 1. The minimum atomic E-state index is -0.0779. The predicted molar refractivity (Wildman–Crippen MR) is 97.0 cm³/mol. The van der Waals surface area contributed by atoms with E-state index in [-0.39, 0.29) is 17.1 Å². The molecule has 1 aliphatic rings. The Bertz CT molecular complexity index is 821. The van der Waals surface area contributed by atoms with Crippen LogP contribution in [0.1, 0.15) is 41.9 Å². The SMILES string of the molecule is CC(C)NC(=O)c1cnn2c1C[C@@H](CNc1snc(Cl)c1C#N)CC2. The minimum Gasteiger partial charge on any atom is -0.374 e. The first kappa shape index (κ1) is 17.7. The maximum atomic E-state index is 12.3. The molecule has 1 atom stereocenters. The van der Waals surface area contributed by atoms with Crippen molar-refractivity contribution in [1.29, 1.82) is 5.26 Å². The van der Waals surface area contributed by atoms with Crippen LogP contribution in [0, 0.1) is 17.2 Å². The molecule has 0 spiro atoms. The molecule has 0 aromatic carbocycles. The van der Waals surface area contributed by atoms with Crippen molar-refractivity contribution >= 4 is 34.0 Å². The normalized spacial score (nSPS) is 16.4. The lowest BCUT2D eigenvalue weighted by Gasteiger charge is -2.24. The molecule has 9 heteroatoms. The first-order chi connectivity index (χ1) is 12.0. The third-order valence-corrected chi connectivity index (χ3v) is 5.34. The maximum absolute atomic E-state index is 12.3. The molecular formula is C16H19ClN6OS. The van der Waals surface area contributed by atoms with Gasteiger partial charge in [0, 0.05) is 19.1 Å². The van der Waals surface area contributed by atoms with Crippen LogP contribution >= 0.6 is 23.1 Å². The third-order valence-electron chi connectivity index (χ3n) is 4.16. The summed E-state index contributed by atoms with van der Waals surface area (Å²) in [6.07, 6.45) is 3.38. The number of hydrogen-bond acceptors (Lipinski definition) is 6. The average Bonchev–Trinajstić information content (AvgIpc) is 3.14. The van der Waals surface area contributed by atoms with Gasteiger partial charge in [0.25, 0.3) is 5.91 Å². The van der Waals surface area contributed by atoms with Crippen molar-refractivity contribution in [1.82, 2.24) is 19.5 Å². The van der Waals surface area contributed by atoms with Gasteiger partial charge in [0.15, 0.2) is 5.15 Å². The largest absolute Gasteiger partial charge is 0.374 e. The number of nitrogens with zero attached hydrogens (tertiary/aromatic N) is 4. The fourth-order valence-corrected chi connectivity index (χ4v) is 3.87. The highest BCUT2D eigenvalue weighted by molar-refractivity contribution is 7.10. The number of aryl methyl sites for hydroxylation is 1. The highest BCUT2D eigenvalue weighted by Gasteiger charge is 2.26. The second kappa shape index (κ2) is 7.42. The summed E-state index contributed by atoms with van der Waals surface area (Å²) in [5, 5.41) is 20.6. The molecule has 3 rings (SSSR count). The van der Waals surface area contributed by atoms with Gasteiger partial charge in [-0.3, -0.25) is 9.48 Å². The summed E-state index contributed by atoms with van der Waals surface area (Å²) >= 11 is 7.09. The molecule has 3 heterocycles. The quantitative estimate of drug-likeness (QED) is 0.833. The van der Waals surface area contributed by atoms with E-state index >= 15 is 0 Å². The molecule has 0 saturated heterocycles. The standard InChI is InChI=1S/C16H19ClN6OS/c1-9(2)21-15(24)12-8-20-23-4-3-10(5-13(12)23)7-19-16-11(6-18)14(17)22-25-16/h8-10,19H,3-5,7H2,1-2H3,(H,21,24)/t10-/m0/s1. The Hall–Kier alpha value is -2.11. The van der Waals surface area contributed by atoms with E-state index < -0.39 is 0 Å². The lowest BCUT2D eigenvalue weighted by Crippen LogP contribution is -2.32. The third kappa shape index (κ3) is 3.78. The molecule has 0 saturated carbocycles. The zero-order valence-corrected chi connectivity index (χ0v) is 15.6. The first-order valence-corrected chi connectivity index (χ1v) is 9.29. The van der Waals surface area contributed by atoms with Gasteiger partial charge in [0.2, 0.25) is 0 Å². The van der Waals surface area contributed by atoms with Crippen LogP contribution in [0.5, 0.6) is 0 Å². The number of nitrogens with one attached hydrogen (secondary N) is 2. The minimum absolute atomic E-state index is 0.0779. The highest BCUT2D eigenvalue weighted by atomic mass is 35.5. The Morgan fingerprint density at radius 1 is 1.60 bits per heavy atom. The highest BCUT2D eigenvalue weighted by Crippen LogP contribution is 2.29. The molecular weight excluding hydrogens is 360 g/mol. The van der Waals surface area contributed by atoms with Crippen molar-refractivity contribution in [2.24, 2.45) is 5.92 Å². The number of hydrogen-bond donors (Lipinski definition) is 2. The monoisotopic (exact) mass is 378 g/mol. The average molecular weight is 379 g/mol. The van der Waals surface area contributed by atoms with Crippen LogP contribution in [0.4, 0.5) is 5.00 Å². The summed E-state index contributed by atoms with van der Waals surface area (Å²) in [5.74, 6) is 0.271. The molecule has 0 radical (unpaired) electrons. The van der Waals surface area contributed by atoms with Crippen molar-refractivity contribution in [2.75, 3.05) is 11.9 Å². The number of anilines is 1. The summed E-state index contributed by atoms with van der Waals surface area (Å²) in [6, 6.07) is 2.16. The smallest absolute Gasteiger partial charge is 0.254 e. The Morgan fingerprint density at radius 2 is 2.40 bits per heavy atom. The van der Waals surface area contributed by atoms with E-state index in [0.29, 0.717) is 28.6 Å². The molecule has 0 aliphatic carbocycles. The van der Waals surface area contributed by atoms with Gasteiger partial charge in [-0.05, 0) is 44.1 Å². The molecule has 2 aromatic heterocycles. The number of carbonyl (C=O) groups is 1. The van der Waals surface area contributed by atoms with Gasteiger partial charge in [0.05, 0.1) is 17.5 Å². The van der Waals surface area contributed by atoms with Crippen LogP contribution < -0.4 is 10.6 Å². The molecule has 0 fully saturated rings. The van der Waals surface area contributed by atoms with Gasteiger partial charge >= 0.3 is 0 Å². The summed E-state index contributed by atoms with van der Waals surface area (Å²) in [5.41, 5.74) is 2.01. The van der Waals surface area contributed by atoms with Crippen LogP contribution in [0.25, 0.3) is 0 Å². The molecule has 2 N–H and O–H groups in total.